The van der Waals surface area contributed by atoms with E-state index in [1.54, 1.807) is 6.20 Å². The first kappa shape index (κ1) is 12.1. The zero-order valence-electron chi connectivity index (χ0n) is 10.2. The second-order valence-electron chi connectivity index (χ2n) is 4.77. The summed E-state index contributed by atoms with van der Waals surface area (Å²) in [4.78, 5) is 14.0. The van der Waals surface area contributed by atoms with Gasteiger partial charge in [-0.15, -0.1) is 0 Å². The molecular formula is C12H20N4O. The fourth-order valence-electron chi connectivity index (χ4n) is 2.34. The SMILES string of the molecule is CC(CN)C(=O)N1CCCC(c2ccn[nH]2)C1. The van der Waals surface area contributed by atoms with Crippen molar-refractivity contribution in [1.29, 1.82) is 0 Å². The lowest BCUT2D eigenvalue weighted by Gasteiger charge is -2.33. The van der Waals surface area contributed by atoms with Crippen LogP contribution in [0.5, 0.6) is 0 Å². The molecule has 1 aliphatic heterocycles. The highest BCUT2D eigenvalue weighted by atomic mass is 16.2. The summed E-state index contributed by atoms with van der Waals surface area (Å²) in [7, 11) is 0. The molecule has 5 nitrogen and oxygen atoms in total. The van der Waals surface area contributed by atoms with Gasteiger partial charge < -0.3 is 10.6 Å². The molecule has 2 rings (SSSR count). The number of nitrogens with one attached hydrogen (secondary N) is 1. The van der Waals surface area contributed by atoms with Gasteiger partial charge >= 0.3 is 0 Å². The van der Waals surface area contributed by atoms with Gasteiger partial charge in [-0.25, -0.2) is 0 Å². The molecule has 2 atom stereocenters. The highest BCUT2D eigenvalue weighted by Gasteiger charge is 2.27. The van der Waals surface area contributed by atoms with Crippen LogP contribution in [-0.4, -0.2) is 40.6 Å². The minimum Gasteiger partial charge on any atom is -0.342 e. The van der Waals surface area contributed by atoms with Crippen molar-refractivity contribution in [1.82, 2.24) is 15.1 Å². The summed E-state index contributed by atoms with van der Waals surface area (Å²) in [5.74, 6) is 0.493. The zero-order chi connectivity index (χ0) is 12.3. The molecule has 1 aliphatic rings. The lowest BCUT2D eigenvalue weighted by atomic mass is 9.94. The summed E-state index contributed by atoms with van der Waals surface area (Å²) < 4.78 is 0. The van der Waals surface area contributed by atoms with E-state index in [-0.39, 0.29) is 11.8 Å². The number of nitrogens with zero attached hydrogens (tertiary/aromatic N) is 2. The first-order chi connectivity index (χ1) is 8.22. The van der Waals surface area contributed by atoms with E-state index in [0.717, 1.165) is 31.6 Å². The van der Waals surface area contributed by atoms with Gasteiger partial charge in [0.15, 0.2) is 0 Å². The van der Waals surface area contributed by atoms with E-state index in [0.29, 0.717) is 12.5 Å². The number of hydrogen-bond donors (Lipinski definition) is 2. The number of H-pyrrole nitrogens is 1. The Bertz CT molecular complexity index is 363. The van der Waals surface area contributed by atoms with E-state index >= 15 is 0 Å². The van der Waals surface area contributed by atoms with Crippen LogP contribution in [-0.2, 0) is 4.79 Å². The van der Waals surface area contributed by atoms with E-state index in [2.05, 4.69) is 10.2 Å². The molecule has 0 spiro atoms. The molecule has 1 saturated heterocycles. The normalized spacial score (nSPS) is 22.5. The second kappa shape index (κ2) is 5.31. The van der Waals surface area contributed by atoms with E-state index in [1.165, 1.54) is 0 Å². The first-order valence-electron chi connectivity index (χ1n) is 6.20. The quantitative estimate of drug-likeness (QED) is 0.811. The molecular weight excluding hydrogens is 216 g/mol. The summed E-state index contributed by atoms with van der Waals surface area (Å²) in [6.45, 7) is 3.95. The predicted octanol–water partition coefficient (Wildman–Crippen LogP) is 0.710. The third-order valence-corrected chi connectivity index (χ3v) is 3.47. The molecule has 5 heteroatoms. The maximum atomic E-state index is 12.1. The number of carbonyl (C=O) groups excluding carboxylic acids is 1. The third kappa shape index (κ3) is 2.66. The Balaban J connectivity index is 2.00. The van der Waals surface area contributed by atoms with Gasteiger partial charge in [-0.05, 0) is 18.9 Å². The zero-order valence-corrected chi connectivity index (χ0v) is 10.2. The first-order valence-corrected chi connectivity index (χ1v) is 6.20. The molecule has 0 saturated carbocycles. The number of aromatic nitrogens is 2. The average Bonchev–Trinajstić information content (AvgIpc) is 2.91. The third-order valence-electron chi connectivity index (χ3n) is 3.47. The number of nitrogens with two attached hydrogens (primary N) is 1. The van der Waals surface area contributed by atoms with Gasteiger partial charge in [0.2, 0.25) is 5.91 Å². The smallest absolute Gasteiger partial charge is 0.226 e. The van der Waals surface area contributed by atoms with Crippen LogP contribution >= 0.6 is 0 Å². The fraction of sp³-hybridized carbons (Fsp3) is 0.667. The van der Waals surface area contributed by atoms with Crippen molar-refractivity contribution in [3.05, 3.63) is 18.0 Å². The largest absolute Gasteiger partial charge is 0.342 e. The van der Waals surface area contributed by atoms with Crippen LogP contribution in [0.3, 0.4) is 0 Å². The second-order valence-corrected chi connectivity index (χ2v) is 4.77. The molecule has 0 aliphatic carbocycles. The predicted molar refractivity (Wildman–Crippen MR) is 65.4 cm³/mol. The summed E-state index contributed by atoms with van der Waals surface area (Å²) in [5, 5.41) is 6.97. The van der Waals surface area contributed by atoms with Gasteiger partial charge in [0.05, 0.1) is 0 Å². The van der Waals surface area contributed by atoms with Crippen LogP contribution in [0.4, 0.5) is 0 Å². The van der Waals surface area contributed by atoms with Gasteiger partial charge in [-0.1, -0.05) is 6.92 Å². The molecule has 2 unspecified atom stereocenters. The van der Waals surface area contributed by atoms with Gasteiger partial charge in [0.25, 0.3) is 0 Å². The number of piperidine rings is 1. The van der Waals surface area contributed by atoms with Crippen molar-refractivity contribution in [3.63, 3.8) is 0 Å². The van der Waals surface area contributed by atoms with E-state index in [4.69, 9.17) is 5.73 Å². The Kier molecular flexibility index (Phi) is 3.78. The van der Waals surface area contributed by atoms with E-state index in [1.807, 2.05) is 17.9 Å². The Labute approximate surface area is 101 Å². The van der Waals surface area contributed by atoms with Gasteiger partial charge in [-0.3, -0.25) is 9.89 Å². The van der Waals surface area contributed by atoms with Crippen LogP contribution in [0.25, 0.3) is 0 Å². The highest BCUT2D eigenvalue weighted by molar-refractivity contribution is 5.78. The number of rotatable bonds is 3. The molecule has 17 heavy (non-hydrogen) atoms. The highest BCUT2D eigenvalue weighted by Crippen LogP contribution is 2.25. The van der Waals surface area contributed by atoms with E-state index < -0.39 is 0 Å². The monoisotopic (exact) mass is 236 g/mol. The number of hydrogen-bond acceptors (Lipinski definition) is 3. The summed E-state index contributed by atoms with van der Waals surface area (Å²) in [5.41, 5.74) is 6.67. The van der Waals surface area contributed by atoms with Crippen molar-refractivity contribution in [2.24, 2.45) is 11.7 Å². The van der Waals surface area contributed by atoms with Crippen LogP contribution in [0.1, 0.15) is 31.4 Å². The van der Waals surface area contributed by atoms with Crippen LogP contribution in [0.15, 0.2) is 12.3 Å². The van der Waals surface area contributed by atoms with Gasteiger partial charge in [-0.2, -0.15) is 5.10 Å². The van der Waals surface area contributed by atoms with E-state index in [9.17, 15) is 4.79 Å². The lowest BCUT2D eigenvalue weighted by Crippen LogP contribution is -2.43. The molecule has 0 radical (unpaired) electrons. The molecule has 0 aromatic carbocycles. The van der Waals surface area contributed by atoms with Crippen LogP contribution in [0, 0.1) is 5.92 Å². The lowest BCUT2D eigenvalue weighted by molar-refractivity contribution is -0.135. The fourth-order valence-corrected chi connectivity index (χ4v) is 2.34. The molecule has 0 bridgehead atoms. The Morgan fingerprint density at radius 3 is 3.24 bits per heavy atom. The molecule has 2 heterocycles. The summed E-state index contributed by atoms with van der Waals surface area (Å²) in [6.07, 6.45) is 3.92. The van der Waals surface area contributed by atoms with Crippen molar-refractivity contribution in [3.8, 4) is 0 Å². The van der Waals surface area contributed by atoms with Crippen molar-refractivity contribution in [2.45, 2.75) is 25.7 Å². The van der Waals surface area contributed by atoms with Crippen molar-refractivity contribution in [2.75, 3.05) is 19.6 Å². The average molecular weight is 236 g/mol. The number of aromatic amines is 1. The molecule has 3 N–H and O–H groups in total. The summed E-state index contributed by atoms with van der Waals surface area (Å²) in [6, 6.07) is 1.99. The molecule has 1 aromatic heterocycles. The standard InChI is InChI=1S/C12H20N4O/c1-9(7-13)12(17)16-6-2-3-10(8-16)11-4-5-14-15-11/h4-5,9-10H,2-3,6-8,13H2,1H3,(H,14,15). The Morgan fingerprint density at radius 1 is 1.76 bits per heavy atom. The van der Waals surface area contributed by atoms with Crippen molar-refractivity contribution < 1.29 is 4.79 Å². The topological polar surface area (TPSA) is 75.0 Å². The molecule has 1 fully saturated rings. The Morgan fingerprint density at radius 2 is 2.59 bits per heavy atom. The molecule has 1 amide bonds. The maximum absolute atomic E-state index is 12.1. The maximum Gasteiger partial charge on any atom is 0.226 e. The van der Waals surface area contributed by atoms with Crippen molar-refractivity contribution >= 4 is 5.91 Å². The number of likely N-dealkylation sites (tertiary alicyclic amines) is 1. The minimum absolute atomic E-state index is 0.0736. The minimum atomic E-state index is -0.0736. The number of carbonyl (C=O) groups is 1. The van der Waals surface area contributed by atoms with Gasteiger partial charge in [0, 0.05) is 43.4 Å². The number of amides is 1. The Hall–Kier alpha value is -1.36. The molecule has 1 aromatic rings. The van der Waals surface area contributed by atoms with Crippen LogP contribution < -0.4 is 5.73 Å². The van der Waals surface area contributed by atoms with Gasteiger partial charge in [0.1, 0.15) is 0 Å². The van der Waals surface area contributed by atoms with Crippen LogP contribution in [0.2, 0.25) is 0 Å². The summed E-state index contributed by atoms with van der Waals surface area (Å²) >= 11 is 0. The molecule has 94 valence electrons.